The van der Waals surface area contributed by atoms with Crippen LogP contribution in [0.2, 0.25) is 0 Å². The number of phenols is 1. The van der Waals surface area contributed by atoms with Crippen LogP contribution in [-0.2, 0) is 20.7 Å². The van der Waals surface area contributed by atoms with E-state index in [-0.39, 0.29) is 18.6 Å². The summed E-state index contributed by atoms with van der Waals surface area (Å²) in [6, 6.07) is 5.56. The number of benzene rings is 1. The highest BCUT2D eigenvalue weighted by Gasteiger charge is 2.19. The smallest absolute Gasteiger partial charge is 0.330 e. The molecule has 0 aromatic heterocycles. The van der Waals surface area contributed by atoms with Gasteiger partial charge in [0.25, 0.3) is 0 Å². The molecule has 1 rings (SSSR count). The minimum atomic E-state index is -0.891. The van der Waals surface area contributed by atoms with Gasteiger partial charge in [0.2, 0.25) is 0 Å². The van der Waals surface area contributed by atoms with Gasteiger partial charge in [0.05, 0.1) is 0 Å². The van der Waals surface area contributed by atoms with Crippen molar-refractivity contribution < 1.29 is 19.4 Å². The maximum absolute atomic E-state index is 12.0. The van der Waals surface area contributed by atoms with Gasteiger partial charge < -0.3 is 15.6 Å². The summed E-state index contributed by atoms with van der Waals surface area (Å²) in [6.07, 6.45) is 20.7. The molecule has 5 nitrogen and oxygen atoms in total. The second kappa shape index (κ2) is 18.4. The van der Waals surface area contributed by atoms with E-state index in [4.69, 9.17) is 10.5 Å². The molecule has 0 saturated carbocycles. The number of carbonyl (C=O) groups is 2. The van der Waals surface area contributed by atoms with Crippen LogP contribution in [0.15, 0.2) is 36.4 Å². The van der Waals surface area contributed by atoms with Crippen LogP contribution in [0, 0.1) is 0 Å². The quantitative estimate of drug-likeness (QED) is 0.119. The van der Waals surface area contributed by atoms with E-state index in [1.54, 1.807) is 12.1 Å². The van der Waals surface area contributed by atoms with E-state index in [9.17, 15) is 14.7 Å². The molecule has 180 valence electrons. The van der Waals surface area contributed by atoms with Crippen molar-refractivity contribution >= 4 is 11.9 Å². The Morgan fingerprint density at radius 3 is 2.00 bits per heavy atom. The molecule has 32 heavy (non-hydrogen) atoms. The molecule has 0 aliphatic carbocycles. The van der Waals surface area contributed by atoms with Crippen molar-refractivity contribution in [2.45, 2.75) is 109 Å². The highest BCUT2D eigenvalue weighted by Crippen LogP contribution is 2.12. The Kier molecular flexibility index (Phi) is 16.1. The molecule has 0 spiro atoms. The van der Waals surface area contributed by atoms with Crippen LogP contribution in [0.4, 0.5) is 0 Å². The lowest BCUT2D eigenvalue weighted by atomic mass is 10.1. The van der Waals surface area contributed by atoms with E-state index in [0.29, 0.717) is 0 Å². The minimum absolute atomic E-state index is 0.153. The summed E-state index contributed by atoms with van der Waals surface area (Å²) in [5.41, 5.74) is 6.63. The van der Waals surface area contributed by atoms with Crippen molar-refractivity contribution in [1.82, 2.24) is 0 Å². The lowest BCUT2D eigenvalue weighted by Gasteiger charge is -2.10. The maximum atomic E-state index is 12.0. The third-order valence-corrected chi connectivity index (χ3v) is 5.55. The maximum Gasteiger partial charge on any atom is 0.330 e. The van der Waals surface area contributed by atoms with E-state index >= 15 is 0 Å². The zero-order valence-corrected chi connectivity index (χ0v) is 19.9. The number of hydrogen-bond acceptors (Lipinski definition) is 5. The van der Waals surface area contributed by atoms with E-state index in [1.807, 2.05) is 0 Å². The van der Waals surface area contributed by atoms with Crippen LogP contribution in [-0.4, -0.2) is 23.1 Å². The highest BCUT2D eigenvalue weighted by molar-refractivity contribution is 5.88. The Bertz CT molecular complexity index is 654. The molecule has 0 unspecified atom stereocenters. The number of esters is 2. The summed E-state index contributed by atoms with van der Waals surface area (Å²) >= 11 is 0. The summed E-state index contributed by atoms with van der Waals surface area (Å²) in [5.74, 6) is -1.05. The molecule has 0 amide bonds. The van der Waals surface area contributed by atoms with Gasteiger partial charge in [-0.25, -0.2) is 4.79 Å². The number of unbranched alkanes of at least 4 members (excludes halogenated alkanes) is 11. The summed E-state index contributed by atoms with van der Waals surface area (Å²) in [5, 5.41) is 9.28. The topological polar surface area (TPSA) is 89.6 Å². The number of rotatable bonds is 18. The van der Waals surface area contributed by atoms with Crippen molar-refractivity contribution in [2.75, 3.05) is 0 Å². The molecule has 1 aromatic carbocycles. The van der Waals surface area contributed by atoms with Gasteiger partial charge in [0.1, 0.15) is 11.8 Å². The van der Waals surface area contributed by atoms with Crippen LogP contribution in [0.5, 0.6) is 5.75 Å². The molecular formula is C27H43NO4. The van der Waals surface area contributed by atoms with Crippen LogP contribution in [0.1, 0.15) is 102 Å². The SMILES string of the molecule is CCCCCCCCC=CCCCCCCCC(=O)OC(=O)[C@@H](N)Cc1ccc(O)cc1. The molecule has 0 aliphatic heterocycles. The van der Waals surface area contributed by atoms with Crippen molar-refractivity contribution in [1.29, 1.82) is 0 Å². The molecular weight excluding hydrogens is 402 g/mol. The second-order valence-corrected chi connectivity index (χ2v) is 8.60. The van der Waals surface area contributed by atoms with Crippen molar-refractivity contribution in [3.8, 4) is 5.75 Å². The van der Waals surface area contributed by atoms with Gasteiger partial charge in [-0.3, -0.25) is 4.79 Å². The average Bonchev–Trinajstić information content (AvgIpc) is 2.77. The molecule has 0 heterocycles. The lowest BCUT2D eigenvalue weighted by Crippen LogP contribution is -2.35. The molecule has 0 fully saturated rings. The van der Waals surface area contributed by atoms with Gasteiger partial charge in [0, 0.05) is 6.42 Å². The summed E-state index contributed by atoms with van der Waals surface area (Å²) < 4.78 is 4.87. The van der Waals surface area contributed by atoms with E-state index < -0.39 is 18.0 Å². The Balaban J connectivity index is 1.97. The summed E-state index contributed by atoms with van der Waals surface area (Å²) in [4.78, 5) is 23.8. The Morgan fingerprint density at radius 2 is 1.41 bits per heavy atom. The van der Waals surface area contributed by atoms with E-state index in [0.717, 1.165) is 37.7 Å². The number of carbonyl (C=O) groups excluding carboxylic acids is 2. The normalized spacial score (nSPS) is 12.2. The third kappa shape index (κ3) is 14.8. The largest absolute Gasteiger partial charge is 0.508 e. The van der Waals surface area contributed by atoms with Crippen molar-refractivity contribution in [2.24, 2.45) is 5.73 Å². The fourth-order valence-corrected chi connectivity index (χ4v) is 3.55. The zero-order valence-electron chi connectivity index (χ0n) is 19.9. The Labute approximate surface area is 194 Å². The minimum Gasteiger partial charge on any atom is -0.508 e. The Morgan fingerprint density at radius 1 is 0.875 bits per heavy atom. The number of nitrogens with two attached hydrogens (primary N) is 1. The first-order chi connectivity index (χ1) is 15.5. The Hall–Kier alpha value is -2.14. The zero-order chi connectivity index (χ0) is 23.4. The molecule has 0 aliphatic rings. The number of aromatic hydroxyl groups is 1. The first-order valence-electron chi connectivity index (χ1n) is 12.5. The van der Waals surface area contributed by atoms with Crippen molar-refractivity contribution in [3.63, 3.8) is 0 Å². The number of phenolic OH excluding ortho intramolecular Hbond substituents is 1. The fraction of sp³-hybridized carbons (Fsp3) is 0.630. The summed E-state index contributed by atoms with van der Waals surface area (Å²) in [7, 11) is 0. The fourth-order valence-electron chi connectivity index (χ4n) is 3.55. The van der Waals surface area contributed by atoms with Gasteiger partial charge in [-0.1, -0.05) is 82.6 Å². The number of ether oxygens (including phenoxy) is 1. The molecule has 5 heteroatoms. The predicted molar refractivity (Wildman–Crippen MR) is 130 cm³/mol. The summed E-state index contributed by atoms with van der Waals surface area (Å²) in [6.45, 7) is 2.25. The predicted octanol–water partition coefficient (Wildman–Crippen LogP) is 6.37. The lowest BCUT2D eigenvalue weighted by molar-refractivity contribution is -0.160. The van der Waals surface area contributed by atoms with Gasteiger partial charge >= 0.3 is 11.9 Å². The molecule has 0 bridgehead atoms. The van der Waals surface area contributed by atoms with Crippen LogP contribution >= 0.6 is 0 Å². The standard InChI is InChI=1S/C27H43NO4/c1-2-3-4-5-6-7-8-9-10-11-12-13-14-15-16-17-26(30)32-27(31)25(28)22-23-18-20-24(29)21-19-23/h9-10,18-21,25,29H,2-8,11-17,22,28H2,1H3/t25-/m0/s1. The van der Waals surface area contributed by atoms with Crippen LogP contribution in [0.3, 0.4) is 0 Å². The molecule has 1 atom stereocenters. The van der Waals surface area contributed by atoms with E-state index in [1.165, 1.54) is 63.5 Å². The van der Waals surface area contributed by atoms with Crippen LogP contribution < -0.4 is 5.73 Å². The van der Waals surface area contributed by atoms with E-state index in [2.05, 4.69) is 19.1 Å². The average molecular weight is 446 g/mol. The van der Waals surface area contributed by atoms with Gasteiger partial charge in [-0.15, -0.1) is 0 Å². The number of allylic oxidation sites excluding steroid dienone is 2. The van der Waals surface area contributed by atoms with Crippen molar-refractivity contribution in [3.05, 3.63) is 42.0 Å². The first kappa shape index (κ1) is 27.9. The first-order valence-corrected chi connectivity index (χ1v) is 12.5. The van der Waals surface area contributed by atoms with Gasteiger partial charge in [0.15, 0.2) is 0 Å². The molecule has 1 aromatic rings. The van der Waals surface area contributed by atoms with Crippen LogP contribution in [0.25, 0.3) is 0 Å². The molecule has 0 saturated heterocycles. The van der Waals surface area contributed by atoms with Gasteiger partial charge in [-0.2, -0.15) is 0 Å². The molecule has 0 radical (unpaired) electrons. The monoisotopic (exact) mass is 445 g/mol. The third-order valence-electron chi connectivity index (χ3n) is 5.55. The van der Waals surface area contributed by atoms with Gasteiger partial charge in [-0.05, 0) is 56.2 Å². The molecule has 3 N–H and O–H groups in total. The highest BCUT2D eigenvalue weighted by atomic mass is 16.6. The number of hydrogen-bond donors (Lipinski definition) is 2. The second-order valence-electron chi connectivity index (χ2n) is 8.60.